The van der Waals surface area contributed by atoms with E-state index in [0.717, 1.165) is 0 Å². The highest BCUT2D eigenvalue weighted by molar-refractivity contribution is 5.90. The first kappa shape index (κ1) is 3.90. The Morgan fingerprint density at radius 3 is 2.36 bits per heavy atom. The number of carbonyl (C=O) groups is 1. The second-order valence-corrected chi connectivity index (χ2v) is 2.12. The van der Waals surface area contributed by atoms with Crippen LogP contribution >= 0.6 is 0 Å². The van der Waals surface area contributed by atoms with Gasteiger partial charge in [0.1, 0.15) is 0 Å². The van der Waals surface area contributed by atoms with Gasteiger partial charge < -0.3 is 5.11 Å². The molecule has 0 aliphatic heterocycles. The third-order valence-corrected chi connectivity index (χ3v) is 1.34. The topological polar surface area (TPSA) is 37.3 Å². The van der Waals surface area contributed by atoms with E-state index >= 15 is 0 Å². The van der Waals surface area contributed by atoms with Crippen LogP contribution in [0.2, 0.25) is 0 Å². The van der Waals surface area contributed by atoms with Gasteiger partial charge in [0, 0.05) is 5.48 Å². The van der Waals surface area contributed by atoms with Crippen molar-refractivity contribution >= 4 is 5.97 Å². The van der Waals surface area contributed by atoms with Crippen molar-refractivity contribution in [3.05, 3.63) is 34.9 Å². The van der Waals surface area contributed by atoms with Crippen LogP contribution in [0.25, 0.3) is 0 Å². The van der Waals surface area contributed by atoms with Gasteiger partial charge in [-0.15, -0.1) is 0 Å². The summed E-state index contributed by atoms with van der Waals surface area (Å²) >= 11 is 0. The molecule has 0 aliphatic rings. The molecular formula is C9H10O2. The van der Waals surface area contributed by atoms with Crippen LogP contribution in [-0.4, -0.2) is 11.1 Å². The predicted molar refractivity (Wildman–Crippen MR) is 42.9 cm³/mol. The highest BCUT2D eigenvalue weighted by Gasteiger charge is 2.08. The Bertz CT molecular complexity index is 350. The molecule has 2 heteroatoms. The van der Waals surface area contributed by atoms with E-state index in [2.05, 4.69) is 0 Å². The van der Waals surface area contributed by atoms with E-state index < -0.39 is 19.7 Å². The number of hydrogen-bond donors (Lipinski definition) is 1. The molecule has 0 radical (unpaired) electrons. The molecule has 0 heterocycles. The molecule has 0 bridgehead atoms. The molecule has 1 N–H and O–H groups in total. The first-order valence-corrected chi connectivity index (χ1v) is 3.00. The minimum atomic E-state index is -1.42. The zero-order valence-corrected chi connectivity index (χ0v) is 5.74. The van der Waals surface area contributed by atoms with E-state index in [9.17, 15) is 4.79 Å². The van der Waals surface area contributed by atoms with Gasteiger partial charge in [-0.1, -0.05) is 18.2 Å². The Hall–Kier alpha value is -1.31. The van der Waals surface area contributed by atoms with Crippen molar-refractivity contribution in [3.63, 3.8) is 0 Å². The molecule has 0 saturated heterocycles. The van der Waals surface area contributed by atoms with Crippen molar-refractivity contribution in [1.29, 1.82) is 0 Å². The SMILES string of the molecule is [2H]C([2H])c1cccc(C([2H])[2H])c1C(=O)O. The van der Waals surface area contributed by atoms with Gasteiger partial charge in [0.2, 0.25) is 0 Å². The van der Waals surface area contributed by atoms with Crippen LogP contribution in [0.15, 0.2) is 18.2 Å². The lowest BCUT2D eigenvalue weighted by Gasteiger charge is -2.02. The molecule has 0 amide bonds. The molecule has 58 valence electrons. The van der Waals surface area contributed by atoms with Crippen molar-refractivity contribution in [3.8, 4) is 0 Å². The van der Waals surface area contributed by atoms with Gasteiger partial charge in [-0.2, -0.15) is 0 Å². The maximum atomic E-state index is 10.9. The van der Waals surface area contributed by atoms with Gasteiger partial charge in [-0.05, 0) is 24.9 Å². The molecule has 1 aromatic rings. The molecular weight excluding hydrogens is 140 g/mol. The molecule has 2 nitrogen and oxygen atoms in total. The molecule has 0 aromatic heterocycles. The minimum absolute atomic E-state index is 0.0181. The maximum absolute atomic E-state index is 10.9. The number of benzene rings is 1. The smallest absolute Gasteiger partial charge is 0.336 e. The summed E-state index contributed by atoms with van der Waals surface area (Å²) in [5.74, 6) is -1.30. The van der Waals surface area contributed by atoms with Gasteiger partial charge in [0.05, 0.1) is 5.56 Å². The number of rotatable bonds is 1. The van der Waals surface area contributed by atoms with Crippen molar-refractivity contribution < 1.29 is 15.4 Å². The predicted octanol–water partition coefficient (Wildman–Crippen LogP) is 2.00. The lowest BCUT2D eigenvalue weighted by atomic mass is 10.0. The lowest BCUT2D eigenvalue weighted by Crippen LogP contribution is -2.01. The average molecular weight is 154 g/mol. The highest BCUT2D eigenvalue weighted by atomic mass is 16.4. The van der Waals surface area contributed by atoms with E-state index in [1.165, 1.54) is 18.2 Å². The third-order valence-electron chi connectivity index (χ3n) is 1.34. The van der Waals surface area contributed by atoms with Gasteiger partial charge in [-0.3, -0.25) is 0 Å². The van der Waals surface area contributed by atoms with Crippen molar-refractivity contribution in [1.82, 2.24) is 0 Å². The Morgan fingerprint density at radius 2 is 2.00 bits per heavy atom. The van der Waals surface area contributed by atoms with Gasteiger partial charge in [0.15, 0.2) is 0 Å². The van der Waals surface area contributed by atoms with Crippen LogP contribution in [-0.2, 0) is 0 Å². The largest absolute Gasteiger partial charge is 0.478 e. The highest BCUT2D eigenvalue weighted by Crippen LogP contribution is 2.12. The maximum Gasteiger partial charge on any atom is 0.336 e. The molecule has 0 unspecified atom stereocenters. The van der Waals surface area contributed by atoms with Crippen LogP contribution in [0.3, 0.4) is 0 Å². The van der Waals surface area contributed by atoms with E-state index in [0.29, 0.717) is 0 Å². The number of aromatic carboxylic acids is 1. The molecule has 1 aromatic carbocycles. The number of carboxylic acids is 1. The second kappa shape index (κ2) is 2.74. The summed E-state index contributed by atoms with van der Waals surface area (Å²) in [7, 11) is 0. The van der Waals surface area contributed by atoms with E-state index in [1.807, 2.05) is 0 Å². The standard InChI is InChI=1S/C9H10O2/c1-6-4-3-5-7(2)8(6)9(10)11/h3-5H,1-2H3,(H,10,11)/i1D2,2D2. The molecule has 0 fully saturated rings. The summed E-state index contributed by atoms with van der Waals surface area (Å²) in [6, 6.07) is 4.18. The zero-order valence-electron chi connectivity index (χ0n) is 9.74. The molecule has 11 heavy (non-hydrogen) atoms. The van der Waals surface area contributed by atoms with Gasteiger partial charge in [0.25, 0.3) is 0 Å². The zero-order chi connectivity index (χ0) is 11.6. The van der Waals surface area contributed by atoms with Crippen molar-refractivity contribution in [2.75, 3.05) is 0 Å². The Kier molecular flexibility index (Phi) is 0.973. The van der Waals surface area contributed by atoms with Crippen LogP contribution in [0.4, 0.5) is 0 Å². The van der Waals surface area contributed by atoms with E-state index in [1.54, 1.807) is 0 Å². The van der Waals surface area contributed by atoms with Crippen LogP contribution in [0.5, 0.6) is 0 Å². The Labute approximate surface area is 71.1 Å². The summed E-state index contributed by atoms with van der Waals surface area (Å²) in [5, 5.41) is 8.91. The van der Waals surface area contributed by atoms with Gasteiger partial charge >= 0.3 is 5.97 Å². The normalized spacial score (nSPS) is 15.5. The fraction of sp³-hybridized carbons (Fsp3) is 0.222. The minimum Gasteiger partial charge on any atom is -0.478 e. The molecule has 1 rings (SSSR count). The summed E-state index contributed by atoms with van der Waals surface area (Å²) in [6.45, 7) is -2.84. The molecule has 0 saturated carbocycles. The molecule has 0 aliphatic carbocycles. The Morgan fingerprint density at radius 1 is 1.45 bits per heavy atom. The fourth-order valence-corrected chi connectivity index (χ4v) is 0.836. The summed E-state index contributed by atoms with van der Waals surface area (Å²) in [5.41, 5.74) is -0.225. The lowest BCUT2D eigenvalue weighted by molar-refractivity contribution is 0.0695. The molecule has 0 atom stereocenters. The van der Waals surface area contributed by atoms with Crippen LogP contribution in [0, 0.1) is 13.8 Å². The Balaban J connectivity index is 3.42. The second-order valence-electron chi connectivity index (χ2n) is 2.12. The van der Waals surface area contributed by atoms with E-state index in [4.69, 9.17) is 10.6 Å². The fourth-order valence-electron chi connectivity index (χ4n) is 0.836. The van der Waals surface area contributed by atoms with Crippen molar-refractivity contribution in [2.45, 2.75) is 13.8 Å². The number of hydrogen-bond acceptors (Lipinski definition) is 1. The summed E-state index contributed by atoms with van der Waals surface area (Å²) in [4.78, 5) is 10.9. The first-order valence-electron chi connectivity index (χ1n) is 5.31. The van der Waals surface area contributed by atoms with Crippen LogP contribution < -0.4 is 0 Å². The van der Waals surface area contributed by atoms with E-state index in [-0.39, 0.29) is 16.7 Å². The quantitative estimate of drug-likeness (QED) is 0.671. The van der Waals surface area contributed by atoms with Gasteiger partial charge in [-0.25, -0.2) is 4.79 Å². The summed E-state index contributed by atoms with van der Waals surface area (Å²) < 4.78 is 28.7. The number of carboxylic acid groups (broad SMARTS) is 1. The summed E-state index contributed by atoms with van der Waals surface area (Å²) in [6.07, 6.45) is 0. The number of aryl methyl sites for hydroxylation is 2. The van der Waals surface area contributed by atoms with Crippen LogP contribution in [0.1, 0.15) is 27.0 Å². The molecule has 0 spiro atoms. The average Bonchev–Trinajstić information content (AvgIpc) is 2.16. The third kappa shape index (κ3) is 1.40. The first-order chi connectivity index (χ1) is 6.95. The monoisotopic (exact) mass is 154 g/mol. The van der Waals surface area contributed by atoms with Crippen molar-refractivity contribution in [2.24, 2.45) is 0 Å².